The van der Waals surface area contributed by atoms with Gasteiger partial charge in [0, 0.05) is 6.54 Å². The van der Waals surface area contributed by atoms with Crippen LogP contribution in [0.4, 0.5) is 13.2 Å². The number of alkyl halides is 3. The maximum absolute atomic E-state index is 13.0. The second-order valence-electron chi connectivity index (χ2n) is 5.01. The number of aliphatic hydroxyl groups excluding tert-OH is 1. The van der Waals surface area contributed by atoms with Crippen LogP contribution >= 0.6 is 0 Å². The van der Waals surface area contributed by atoms with Crippen molar-refractivity contribution in [3.8, 4) is 5.75 Å². The van der Waals surface area contributed by atoms with Crippen LogP contribution < -0.4 is 10.1 Å². The van der Waals surface area contributed by atoms with Gasteiger partial charge in [-0.1, -0.05) is 30.3 Å². The Morgan fingerprint density at radius 2 is 1.79 bits per heavy atom. The minimum absolute atomic E-state index is 0.233. The molecule has 128 valence electrons. The van der Waals surface area contributed by atoms with Gasteiger partial charge in [-0.15, -0.1) is 0 Å². The number of para-hydroxylation sites is 1. The van der Waals surface area contributed by atoms with Crippen LogP contribution in [-0.4, -0.2) is 24.7 Å². The summed E-state index contributed by atoms with van der Waals surface area (Å²) >= 11 is 0. The lowest BCUT2D eigenvalue weighted by Crippen LogP contribution is -2.29. The maximum Gasteiger partial charge on any atom is 0.416 e. The van der Waals surface area contributed by atoms with E-state index in [1.807, 2.05) is 0 Å². The van der Waals surface area contributed by atoms with E-state index in [1.165, 1.54) is 31.4 Å². The second kappa shape index (κ2) is 7.35. The second-order valence-corrected chi connectivity index (χ2v) is 5.01. The van der Waals surface area contributed by atoms with Gasteiger partial charge in [0.05, 0.1) is 24.3 Å². The van der Waals surface area contributed by atoms with Gasteiger partial charge in [0.15, 0.2) is 0 Å². The summed E-state index contributed by atoms with van der Waals surface area (Å²) < 4.78 is 43.9. The summed E-state index contributed by atoms with van der Waals surface area (Å²) in [5.41, 5.74) is -0.981. The molecule has 0 fully saturated rings. The molecular weight excluding hydrogens is 323 g/mol. The summed E-state index contributed by atoms with van der Waals surface area (Å²) in [7, 11) is 1.40. The molecule has 0 saturated heterocycles. The summed E-state index contributed by atoms with van der Waals surface area (Å²) in [4.78, 5) is 12.1. The highest BCUT2D eigenvalue weighted by molar-refractivity contribution is 5.96. The summed E-state index contributed by atoms with van der Waals surface area (Å²) in [5.74, 6) is -0.212. The first-order chi connectivity index (χ1) is 11.3. The van der Waals surface area contributed by atoms with Crippen molar-refractivity contribution in [1.82, 2.24) is 5.32 Å². The van der Waals surface area contributed by atoms with Gasteiger partial charge >= 0.3 is 6.18 Å². The van der Waals surface area contributed by atoms with Crippen molar-refractivity contribution in [2.45, 2.75) is 12.3 Å². The molecule has 24 heavy (non-hydrogen) atoms. The van der Waals surface area contributed by atoms with Gasteiger partial charge in [-0.25, -0.2) is 0 Å². The van der Waals surface area contributed by atoms with Crippen molar-refractivity contribution >= 4 is 5.91 Å². The van der Waals surface area contributed by atoms with E-state index < -0.39 is 23.8 Å². The van der Waals surface area contributed by atoms with E-state index in [0.29, 0.717) is 5.75 Å². The zero-order chi connectivity index (χ0) is 17.7. The molecule has 0 bridgehead atoms. The summed E-state index contributed by atoms with van der Waals surface area (Å²) in [5, 5.41) is 12.5. The quantitative estimate of drug-likeness (QED) is 0.880. The van der Waals surface area contributed by atoms with E-state index >= 15 is 0 Å². The predicted molar refractivity (Wildman–Crippen MR) is 81.7 cm³/mol. The lowest BCUT2D eigenvalue weighted by atomic mass is 10.0. The van der Waals surface area contributed by atoms with Crippen LogP contribution in [0.5, 0.6) is 5.75 Å². The van der Waals surface area contributed by atoms with Gasteiger partial charge in [0.25, 0.3) is 5.91 Å². The lowest BCUT2D eigenvalue weighted by Gasteiger charge is -2.18. The fraction of sp³-hybridized carbons (Fsp3) is 0.235. The van der Waals surface area contributed by atoms with Crippen LogP contribution in [0.25, 0.3) is 0 Å². The highest BCUT2D eigenvalue weighted by Crippen LogP contribution is 2.34. The van der Waals surface area contributed by atoms with E-state index in [1.54, 1.807) is 18.2 Å². The molecule has 2 aromatic carbocycles. The number of benzene rings is 2. The minimum Gasteiger partial charge on any atom is -0.496 e. The third-order valence-corrected chi connectivity index (χ3v) is 3.43. The monoisotopic (exact) mass is 339 g/mol. The molecule has 1 amide bonds. The van der Waals surface area contributed by atoms with E-state index in [9.17, 15) is 23.1 Å². The largest absolute Gasteiger partial charge is 0.496 e. The Morgan fingerprint density at radius 3 is 2.46 bits per heavy atom. The van der Waals surface area contributed by atoms with Crippen LogP contribution in [-0.2, 0) is 6.18 Å². The van der Waals surface area contributed by atoms with Gasteiger partial charge in [-0.05, 0) is 23.8 Å². The fourth-order valence-corrected chi connectivity index (χ4v) is 2.27. The fourth-order valence-electron chi connectivity index (χ4n) is 2.27. The third kappa shape index (κ3) is 4.05. The van der Waals surface area contributed by atoms with Gasteiger partial charge in [-0.2, -0.15) is 13.2 Å². The lowest BCUT2D eigenvalue weighted by molar-refractivity contribution is -0.139. The van der Waals surface area contributed by atoms with Crippen LogP contribution in [0.2, 0.25) is 0 Å². The standard InChI is InChI=1S/C17H16F3NO3/c1-24-15-9-5-3-7-12(15)16(23)21-10-14(22)11-6-2-4-8-13(11)17(18,19)20/h2-9,14,22H,10H2,1H3,(H,21,23). The molecule has 0 aliphatic heterocycles. The molecule has 0 heterocycles. The van der Waals surface area contributed by atoms with Crippen LogP contribution in [0.3, 0.4) is 0 Å². The first-order valence-electron chi connectivity index (χ1n) is 7.10. The molecule has 0 aliphatic rings. The topological polar surface area (TPSA) is 58.6 Å². The summed E-state index contributed by atoms with van der Waals surface area (Å²) in [6, 6.07) is 11.1. The predicted octanol–water partition coefficient (Wildman–Crippen LogP) is 3.18. The number of aliphatic hydroxyl groups is 1. The molecule has 4 nitrogen and oxygen atoms in total. The van der Waals surface area contributed by atoms with Crippen molar-refractivity contribution in [3.63, 3.8) is 0 Å². The molecule has 0 radical (unpaired) electrons. The summed E-state index contributed by atoms with van der Waals surface area (Å²) in [6.45, 7) is -0.357. The van der Waals surface area contributed by atoms with Crippen LogP contribution in [0, 0.1) is 0 Å². The Morgan fingerprint density at radius 1 is 1.17 bits per heavy atom. The molecule has 2 aromatic rings. The van der Waals surface area contributed by atoms with Crippen molar-refractivity contribution in [1.29, 1.82) is 0 Å². The van der Waals surface area contributed by atoms with Crippen molar-refractivity contribution < 1.29 is 27.8 Å². The average molecular weight is 339 g/mol. The van der Waals surface area contributed by atoms with Crippen molar-refractivity contribution in [2.75, 3.05) is 13.7 Å². The van der Waals surface area contributed by atoms with E-state index in [4.69, 9.17) is 4.74 Å². The number of carbonyl (C=O) groups excluding carboxylic acids is 1. The van der Waals surface area contributed by atoms with E-state index in [0.717, 1.165) is 6.07 Å². The summed E-state index contributed by atoms with van der Waals surface area (Å²) in [6.07, 6.45) is -6.06. The van der Waals surface area contributed by atoms with Gasteiger partial charge in [0.1, 0.15) is 5.75 Å². The zero-order valence-electron chi connectivity index (χ0n) is 12.8. The number of ether oxygens (including phenoxy) is 1. The average Bonchev–Trinajstić information content (AvgIpc) is 2.58. The Hall–Kier alpha value is -2.54. The molecule has 1 atom stereocenters. The number of hydrogen-bond donors (Lipinski definition) is 2. The number of amides is 1. The van der Waals surface area contributed by atoms with Crippen molar-refractivity contribution in [2.24, 2.45) is 0 Å². The van der Waals surface area contributed by atoms with E-state index in [-0.39, 0.29) is 17.7 Å². The molecule has 0 aliphatic carbocycles. The highest BCUT2D eigenvalue weighted by Gasteiger charge is 2.34. The van der Waals surface area contributed by atoms with Crippen molar-refractivity contribution in [3.05, 3.63) is 65.2 Å². The minimum atomic E-state index is -4.58. The Bertz CT molecular complexity index is 716. The Labute approximate surface area is 136 Å². The van der Waals surface area contributed by atoms with Crippen LogP contribution in [0.15, 0.2) is 48.5 Å². The first-order valence-corrected chi connectivity index (χ1v) is 7.10. The molecule has 0 saturated carbocycles. The number of carbonyl (C=O) groups is 1. The molecule has 2 N–H and O–H groups in total. The number of hydrogen-bond acceptors (Lipinski definition) is 3. The van der Waals surface area contributed by atoms with E-state index in [2.05, 4.69) is 5.32 Å². The number of halogens is 3. The normalized spacial score (nSPS) is 12.5. The first kappa shape index (κ1) is 17.8. The molecular formula is C17H16F3NO3. The zero-order valence-corrected chi connectivity index (χ0v) is 12.8. The van der Waals surface area contributed by atoms with Crippen LogP contribution in [0.1, 0.15) is 27.6 Å². The number of nitrogens with one attached hydrogen (secondary N) is 1. The highest BCUT2D eigenvalue weighted by atomic mass is 19.4. The Kier molecular flexibility index (Phi) is 5.46. The number of rotatable bonds is 5. The molecule has 7 heteroatoms. The molecule has 1 unspecified atom stereocenters. The number of methoxy groups -OCH3 is 1. The molecule has 0 aromatic heterocycles. The van der Waals surface area contributed by atoms with Gasteiger partial charge in [-0.3, -0.25) is 4.79 Å². The van der Waals surface area contributed by atoms with Gasteiger partial charge < -0.3 is 15.2 Å². The SMILES string of the molecule is COc1ccccc1C(=O)NCC(O)c1ccccc1C(F)(F)F. The Balaban J connectivity index is 2.11. The maximum atomic E-state index is 13.0. The smallest absolute Gasteiger partial charge is 0.416 e. The third-order valence-electron chi connectivity index (χ3n) is 3.43. The van der Waals surface area contributed by atoms with Gasteiger partial charge in [0.2, 0.25) is 0 Å². The molecule has 0 spiro atoms. The molecule has 2 rings (SSSR count).